The zero-order chi connectivity index (χ0) is 17.8. The van der Waals surface area contributed by atoms with Gasteiger partial charge in [-0.2, -0.15) is 0 Å². The summed E-state index contributed by atoms with van der Waals surface area (Å²) in [6.45, 7) is 5.05. The lowest BCUT2D eigenvalue weighted by molar-refractivity contribution is -0.141. The molecule has 0 spiro atoms. The van der Waals surface area contributed by atoms with Crippen LogP contribution in [-0.4, -0.2) is 28.9 Å². The average molecular weight is 361 g/mol. The van der Waals surface area contributed by atoms with Crippen molar-refractivity contribution in [2.45, 2.75) is 33.2 Å². The lowest BCUT2D eigenvalue weighted by atomic mass is 9.87. The van der Waals surface area contributed by atoms with Crippen molar-refractivity contribution < 1.29 is 19.5 Å². The summed E-state index contributed by atoms with van der Waals surface area (Å²) in [5.74, 6) is -1.55. The van der Waals surface area contributed by atoms with Crippen LogP contribution >= 0.6 is 23.2 Å². The minimum atomic E-state index is -1.32. The van der Waals surface area contributed by atoms with E-state index in [0.29, 0.717) is 10.7 Å². The fourth-order valence-corrected chi connectivity index (χ4v) is 1.89. The molecule has 8 heteroatoms. The monoisotopic (exact) mass is 360 g/mol. The molecule has 1 unspecified atom stereocenters. The summed E-state index contributed by atoms with van der Waals surface area (Å²) in [6.07, 6.45) is -0.298. The number of hydrogen-bond acceptors (Lipinski definition) is 3. The van der Waals surface area contributed by atoms with Crippen LogP contribution in [0.3, 0.4) is 0 Å². The Hall–Kier alpha value is -1.79. The van der Waals surface area contributed by atoms with Gasteiger partial charge >= 0.3 is 12.0 Å². The van der Waals surface area contributed by atoms with Crippen LogP contribution in [0.2, 0.25) is 10.0 Å². The van der Waals surface area contributed by atoms with Gasteiger partial charge in [-0.3, -0.25) is 4.79 Å². The Morgan fingerprint density at radius 3 is 2.26 bits per heavy atom. The summed E-state index contributed by atoms with van der Waals surface area (Å²) in [7, 11) is 0. The molecular weight excluding hydrogens is 343 g/mol. The first-order valence-electron chi connectivity index (χ1n) is 6.79. The average Bonchev–Trinajstić information content (AvgIpc) is 2.40. The van der Waals surface area contributed by atoms with Crippen LogP contribution in [0.1, 0.15) is 27.2 Å². The van der Waals surface area contributed by atoms with Gasteiger partial charge in [0.15, 0.2) is 0 Å². The number of carbonyl (C=O) groups excluding carboxylic acids is 2. The van der Waals surface area contributed by atoms with E-state index < -0.39 is 23.5 Å². The lowest BCUT2D eigenvalue weighted by Crippen LogP contribution is -2.45. The summed E-state index contributed by atoms with van der Waals surface area (Å²) < 4.78 is 0. The van der Waals surface area contributed by atoms with Crippen LogP contribution in [-0.2, 0) is 9.59 Å². The number of amides is 2. The van der Waals surface area contributed by atoms with Crippen LogP contribution < -0.4 is 10.6 Å². The van der Waals surface area contributed by atoms with Crippen molar-refractivity contribution in [1.29, 1.82) is 0 Å². The molecule has 126 valence electrons. The normalized spacial score (nSPS) is 12.4. The van der Waals surface area contributed by atoms with Crippen LogP contribution in [0.4, 0.5) is 10.5 Å². The highest BCUT2D eigenvalue weighted by atomic mass is 35.5. The number of ketones is 1. The van der Waals surface area contributed by atoms with E-state index in [1.54, 1.807) is 20.8 Å². The molecule has 1 aromatic carbocycles. The van der Waals surface area contributed by atoms with Crippen molar-refractivity contribution in [2.24, 2.45) is 5.41 Å². The van der Waals surface area contributed by atoms with E-state index in [-0.39, 0.29) is 17.2 Å². The van der Waals surface area contributed by atoms with Gasteiger partial charge in [0.1, 0.15) is 11.8 Å². The van der Waals surface area contributed by atoms with Gasteiger partial charge in [-0.25, -0.2) is 9.59 Å². The molecule has 0 bridgehead atoms. The maximum Gasteiger partial charge on any atom is 0.326 e. The lowest BCUT2D eigenvalue weighted by Gasteiger charge is -2.20. The van der Waals surface area contributed by atoms with Crippen molar-refractivity contribution in [2.75, 3.05) is 5.32 Å². The molecule has 6 nitrogen and oxygen atoms in total. The number of urea groups is 1. The Kier molecular flexibility index (Phi) is 6.41. The zero-order valence-electron chi connectivity index (χ0n) is 12.9. The number of halogens is 2. The van der Waals surface area contributed by atoms with Gasteiger partial charge in [-0.05, 0) is 18.2 Å². The van der Waals surface area contributed by atoms with Crippen molar-refractivity contribution >= 4 is 46.7 Å². The number of carboxylic acids is 1. The fourth-order valence-electron chi connectivity index (χ4n) is 1.59. The summed E-state index contributed by atoms with van der Waals surface area (Å²) in [5, 5.41) is 14.4. The van der Waals surface area contributed by atoms with Gasteiger partial charge in [0, 0.05) is 17.5 Å². The number of rotatable bonds is 5. The zero-order valence-corrected chi connectivity index (χ0v) is 14.5. The number of hydrogen-bond donors (Lipinski definition) is 3. The Balaban J connectivity index is 2.73. The first kappa shape index (κ1) is 19.3. The Labute approximate surface area is 144 Å². The summed E-state index contributed by atoms with van der Waals surface area (Å²) in [5.41, 5.74) is -0.335. The predicted molar refractivity (Wildman–Crippen MR) is 89.1 cm³/mol. The number of benzene rings is 1. The van der Waals surface area contributed by atoms with Crippen molar-refractivity contribution in [3.8, 4) is 0 Å². The van der Waals surface area contributed by atoms with E-state index in [1.807, 2.05) is 0 Å². The highest BCUT2D eigenvalue weighted by Crippen LogP contribution is 2.25. The molecule has 2 amide bonds. The van der Waals surface area contributed by atoms with E-state index in [1.165, 1.54) is 18.2 Å². The summed E-state index contributed by atoms with van der Waals surface area (Å²) in [6, 6.07) is 2.38. The molecule has 0 aliphatic heterocycles. The second-order valence-electron chi connectivity index (χ2n) is 6.00. The molecule has 1 aromatic rings. The second-order valence-corrected chi connectivity index (χ2v) is 6.81. The minimum Gasteiger partial charge on any atom is -0.480 e. The van der Waals surface area contributed by atoms with Gasteiger partial charge < -0.3 is 15.7 Å². The van der Waals surface area contributed by atoms with E-state index >= 15 is 0 Å². The predicted octanol–water partition coefficient (Wildman–Crippen LogP) is 3.57. The third-order valence-corrected chi connectivity index (χ3v) is 3.75. The molecule has 1 rings (SSSR count). The number of nitrogens with one attached hydrogen (secondary N) is 2. The number of carboxylic acid groups (broad SMARTS) is 1. The topological polar surface area (TPSA) is 95.5 Å². The first-order chi connectivity index (χ1) is 10.5. The van der Waals surface area contributed by atoms with Crippen LogP contribution in [0, 0.1) is 5.41 Å². The highest BCUT2D eigenvalue weighted by molar-refractivity contribution is 6.42. The van der Waals surface area contributed by atoms with E-state index in [9.17, 15) is 14.4 Å². The van der Waals surface area contributed by atoms with Gasteiger partial charge in [0.2, 0.25) is 0 Å². The third kappa shape index (κ3) is 6.08. The number of Topliss-reactive ketones (excluding diaryl/α,β-unsaturated/α-hetero) is 1. The molecule has 0 aromatic heterocycles. The fraction of sp³-hybridized carbons (Fsp3) is 0.400. The van der Waals surface area contributed by atoms with Crippen molar-refractivity contribution in [1.82, 2.24) is 5.32 Å². The van der Waals surface area contributed by atoms with Crippen LogP contribution in [0.5, 0.6) is 0 Å². The SMILES string of the molecule is CC(C)(C)C(=O)CC(NC(=O)Nc1ccc(Cl)c(Cl)c1)C(=O)O. The van der Waals surface area contributed by atoms with Gasteiger partial charge in [0.25, 0.3) is 0 Å². The highest BCUT2D eigenvalue weighted by Gasteiger charge is 2.29. The van der Waals surface area contributed by atoms with E-state index in [4.69, 9.17) is 28.3 Å². The van der Waals surface area contributed by atoms with Gasteiger partial charge in [-0.1, -0.05) is 44.0 Å². The summed E-state index contributed by atoms with van der Waals surface area (Å²) in [4.78, 5) is 35.0. The number of aliphatic carboxylic acids is 1. The Bertz CT molecular complexity index is 626. The largest absolute Gasteiger partial charge is 0.480 e. The maximum atomic E-state index is 11.9. The molecule has 0 fully saturated rings. The van der Waals surface area contributed by atoms with Gasteiger partial charge in [0.05, 0.1) is 10.0 Å². The minimum absolute atomic E-state index is 0.252. The Morgan fingerprint density at radius 1 is 1.17 bits per heavy atom. The standard InChI is InChI=1S/C15H18Cl2N2O4/c1-15(2,3)12(20)7-11(13(21)22)19-14(23)18-8-4-5-9(16)10(17)6-8/h4-6,11H,7H2,1-3H3,(H,21,22)(H2,18,19,23). The maximum absolute atomic E-state index is 11.9. The van der Waals surface area contributed by atoms with Crippen LogP contribution in [0.25, 0.3) is 0 Å². The van der Waals surface area contributed by atoms with E-state index in [2.05, 4.69) is 10.6 Å². The van der Waals surface area contributed by atoms with Crippen LogP contribution in [0.15, 0.2) is 18.2 Å². The molecule has 0 aliphatic carbocycles. The molecule has 0 radical (unpaired) electrons. The molecule has 3 N–H and O–H groups in total. The Morgan fingerprint density at radius 2 is 1.78 bits per heavy atom. The molecule has 0 aliphatic rings. The quantitative estimate of drug-likeness (QED) is 0.747. The second kappa shape index (κ2) is 7.66. The number of carbonyl (C=O) groups is 3. The smallest absolute Gasteiger partial charge is 0.326 e. The molecule has 0 heterocycles. The molecule has 0 saturated heterocycles. The third-order valence-electron chi connectivity index (χ3n) is 3.01. The molecule has 1 atom stereocenters. The first-order valence-corrected chi connectivity index (χ1v) is 7.55. The van der Waals surface area contributed by atoms with Gasteiger partial charge in [-0.15, -0.1) is 0 Å². The van der Waals surface area contributed by atoms with Crippen molar-refractivity contribution in [3.05, 3.63) is 28.2 Å². The van der Waals surface area contributed by atoms with E-state index in [0.717, 1.165) is 0 Å². The molecule has 23 heavy (non-hydrogen) atoms. The molecular formula is C15H18Cl2N2O4. The number of anilines is 1. The molecule has 0 saturated carbocycles. The summed E-state index contributed by atoms with van der Waals surface area (Å²) >= 11 is 11.6. The van der Waals surface area contributed by atoms with Crippen molar-refractivity contribution in [3.63, 3.8) is 0 Å².